The highest BCUT2D eigenvalue weighted by molar-refractivity contribution is 6.92. The Hall–Kier alpha value is -8.27. The summed E-state index contributed by atoms with van der Waals surface area (Å²) in [6.45, 7) is 8.66. The number of hydrogen-bond acceptors (Lipinski definition) is 13. The molecule has 18 nitrogen and oxygen atoms in total. The van der Waals surface area contributed by atoms with Gasteiger partial charge in [-0.05, 0) is 94.3 Å². The molecule has 2 aromatic carbocycles. The van der Waals surface area contributed by atoms with E-state index in [0.29, 0.717) is 39.4 Å². The van der Waals surface area contributed by atoms with Crippen molar-refractivity contribution in [1.29, 1.82) is 0 Å². The molecule has 0 spiro atoms. The summed E-state index contributed by atoms with van der Waals surface area (Å²) in [6.07, 6.45) is 0.581. The SMILES string of the molecule is COc1cc(-c2cnc3cc(-c4cnn(C(C)C(=O)O)c4)ccn23)cc(OC)c1C(=O)CCC(F)(F)F.COc1cc(-c2cnc3cc(-c4cnn(C(C)C(=O)OC(C)(C)C)c4)ccn23)cc(OC)c1C(=O)CCC(F)(F)F.P. The van der Waals surface area contributed by atoms with Gasteiger partial charge in [0.2, 0.25) is 0 Å². The molecule has 1 N–H and O–H groups in total. The van der Waals surface area contributed by atoms with Gasteiger partial charge in [-0.3, -0.25) is 27.8 Å². The third-order valence-electron chi connectivity index (χ3n) is 12.2. The molecular weight excluding hydrogens is 1070 g/mol. The number of fused-ring (bicyclic) bond motifs is 2. The molecule has 6 heterocycles. The molecule has 420 valence electrons. The summed E-state index contributed by atoms with van der Waals surface area (Å²) >= 11 is 0. The first-order valence-electron chi connectivity index (χ1n) is 23.9. The normalized spacial score (nSPS) is 12.5. The number of carbonyl (C=O) groups excluding carboxylic acids is 3. The van der Waals surface area contributed by atoms with Gasteiger partial charge in [-0.2, -0.15) is 46.4 Å². The number of aliphatic carboxylic acids is 1. The lowest BCUT2D eigenvalue weighted by Gasteiger charge is -2.22. The molecule has 6 aromatic heterocycles. The Morgan fingerprint density at radius 1 is 0.557 bits per heavy atom. The van der Waals surface area contributed by atoms with Crippen LogP contribution in [0.15, 0.2) is 98.1 Å². The fourth-order valence-corrected chi connectivity index (χ4v) is 8.18. The van der Waals surface area contributed by atoms with E-state index in [0.717, 1.165) is 16.7 Å². The van der Waals surface area contributed by atoms with Crippen molar-refractivity contribution < 1.29 is 74.3 Å². The Morgan fingerprint density at radius 2 is 0.924 bits per heavy atom. The second-order valence-corrected chi connectivity index (χ2v) is 18.8. The van der Waals surface area contributed by atoms with Crippen LogP contribution in [0.5, 0.6) is 23.0 Å². The second-order valence-electron chi connectivity index (χ2n) is 18.8. The predicted octanol–water partition coefficient (Wildman–Crippen LogP) is 11.4. The average Bonchev–Trinajstić information content (AvgIpc) is 4.47. The van der Waals surface area contributed by atoms with Gasteiger partial charge in [0.25, 0.3) is 0 Å². The van der Waals surface area contributed by atoms with Gasteiger partial charge in [0.05, 0.1) is 77.5 Å². The molecule has 25 heteroatoms. The summed E-state index contributed by atoms with van der Waals surface area (Å²) in [5.41, 5.74) is 5.99. The van der Waals surface area contributed by atoms with Crippen LogP contribution < -0.4 is 18.9 Å². The Bertz CT molecular complexity index is 3470. The monoisotopic (exact) mass is 1120 g/mol. The highest BCUT2D eigenvalue weighted by Gasteiger charge is 2.32. The molecule has 0 radical (unpaired) electrons. The highest BCUT2D eigenvalue weighted by Crippen LogP contribution is 2.40. The zero-order valence-electron chi connectivity index (χ0n) is 44.4. The maximum atomic E-state index is 12.7. The molecular formula is C54H57F6N8O10P. The smallest absolute Gasteiger partial charge is 0.389 e. The number of rotatable bonds is 18. The van der Waals surface area contributed by atoms with E-state index in [4.69, 9.17) is 23.7 Å². The van der Waals surface area contributed by atoms with Crippen LogP contribution >= 0.6 is 9.90 Å². The van der Waals surface area contributed by atoms with E-state index < -0.39 is 73.3 Å². The van der Waals surface area contributed by atoms with Gasteiger partial charge in [-0.15, -0.1) is 0 Å². The number of Topliss-reactive ketones (excluding diaryl/α,β-unsaturated/α-hetero) is 2. The van der Waals surface area contributed by atoms with Gasteiger partial charge in [-0.1, -0.05) is 0 Å². The maximum absolute atomic E-state index is 12.7. The third kappa shape index (κ3) is 14.1. The molecule has 0 aliphatic carbocycles. The van der Waals surface area contributed by atoms with Crippen molar-refractivity contribution in [3.05, 3.63) is 109 Å². The van der Waals surface area contributed by atoms with Gasteiger partial charge in [-0.25, -0.2) is 19.6 Å². The van der Waals surface area contributed by atoms with E-state index in [1.165, 1.54) is 40.0 Å². The van der Waals surface area contributed by atoms with E-state index in [9.17, 15) is 50.6 Å². The summed E-state index contributed by atoms with van der Waals surface area (Å²) in [5, 5.41) is 17.7. The van der Waals surface area contributed by atoms with Crippen molar-refractivity contribution >= 4 is 44.7 Å². The Morgan fingerprint density at radius 3 is 1.25 bits per heavy atom. The number of hydrogen-bond donors (Lipinski definition) is 1. The number of halogens is 6. The summed E-state index contributed by atoms with van der Waals surface area (Å²) < 4.78 is 109. The number of methoxy groups -OCH3 is 4. The number of aromatic nitrogens is 8. The molecule has 8 rings (SSSR count). The predicted molar refractivity (Wildman–Crippen MR) is 283 cm³/mol. The zero-order chi connectivity index (χ0) is 57.0. The van der Waals surface area contributed by atoms with Gasteiger partial charge >= 0.3 is 24.3 Å². The lowest BCUT2D eigenvalue weighted by molar-refractivity contribution is -0.158. The van der Waals surface area contributed by atoms with Crippen molar-refractivity contribution in [2.75, 3.05) is 28.4 Å². The Balaban J connectivity index is 0.000000253. The van der Waals surface area contributed by atoms with Crippen LogP contribution in [0, 0.1) is 0 Å². The van der Waals surface area contributed by atoms with Gasteiger partial charge in [0, 0.05) is 59.9 Å². The minimum Gasteiger partial charge on any atom is -0.496 e. The number of pyridine rings is 2. The van der Waals surface area contributed by atoms with E-state index in [2.05, 4.69) is 20.2 Å². The fourth-order valence-electron chi connectivity index (χ4n) is 8.18. The molecule has 0 aliphatic heterocycles. The molecule has 0 aliphatic rings. The molecule has 3 atom stereocenters. The minimum atomic E-state index is -4.46. The largest absolute Gasteiger partial charge is 0.496 e. The minimum absolute atomic E-state index is 0. The van der Waals surface area contributed by atoms with Gasteiger partial charge < -0.3 is 28.8 Å². The second kappa shape index (κ2) is 24.2. The fraction of sp³-hybridized carbons (Fsp3) is 0.333. The number of esters is 1. The molecule has 3 unspecified atom stereocenters. The number of nitrogens with zero attached hydrogens (tertiary/aromatic N) is 8. The molecule has 0 fully saturated rings. The first-order valence-corrected chi connectivity index (χ1v) is 23.9. The van der Waals surface area contributed by atoms with E-state index in [-0.39, 0.29) is 50.0 Å². The number of ether oxygens (including phenoxy) is 5. The lowest BCUT2D eigenvalue weighted by Crippen LogP contribution is -2.29. The molecule has 0 saturated carbocycles. The zero-order valence-corrected chi connectivity index (χ0v) is 45.8. The lowest BCUT2D eigenvalue weighted by atomic mass is 10.0. The van der Waals surface area contributed by atoms with Crippen LogP contribution in [0.3, 0.4) is 0 Å². The molecule has 0 bridgehead atoms. The number of ketones is 2. The number of alkyl halides is 6. The summed E-state index contributed by atoms with van der Waals surface area (Å²) in [6, 6.07) is 12.2. The van der Waals surface area contributed by atoms with Crippen LogP contribution in [0.4, 0.5) is 26.3 Å². The number of carboxylic acid groups (broad SMARTS) is 1. The van der Waals surface area contributed by atoms with E-state index >= 15 is 0 Å². The maximum Gasteiger partial charge on any atom is 0.389 e. The quantitative estimate of drug-likeness (QED) is 0.0367. The van der Waals surface area contributed by atoms with Crippen LogP contribution in [0.1, 0.15) is 93.1 Å². The Labute approximate surface area is 451 Å². The van der Waals surface area contributed by atoms with Crippen molar-refractivity contribution in [3.63, 3.8) is 0 Å². The first kappa shape index (κ1) is 60.0. The first-order chi connectivity index (χ1) is 36.7. The Kier molecular flexibility index (Phi) is 18.3. The van der Waals surface area contributed by atoms with Crippen molar-refractivity contribution in [3.8, 4) is 67.8 Å². The van der Waals surface area contributed by atoms with Gasteiger partial charge in [0.15, 0.2) is 11.6 Å². The van der Waals surface area contributed by atoms with Crippen molar-refractivity contribution in [2.24, 2.45) is 0 Å². The van der Waals surface area contributed by atoms with Crippen LogP contribution in [-0.2, 0) is 14.3 Å². The molecule has 8 aromatic rings. The highest BCUT2D eigenvalue weighted by atomic mass is 31.0. The molecule has 0 saturated heterocycles. The standard InChI is InChI=1S/C29H31F3N4O5.C25H23F3N4O5.H3P/c1-17(27(38)41-28(2,3)4)36-16-20(14-34-36)18-8-10-35-21(15-33-25(35)13-18)19-11-23(39-5)26(24(12-19)40-6)22(37)7-9-29(30,31)32;1-14(24(34)35)32-13-17(11-30-32)15-5-7-31-18(12-29-22(31)10-15)16-8-20(36-2)23(21(9-16)37-3)19(33)4-6-25(26,27)28;/h8,10-17H,7,9H2,1-6H3;5,7-14H,4,6H2,1-3H3,(H,34,35);1H3. The van der Waals surface area contributed by atoms with Crippen molar-refractivity contribution in [2.45, 2.75) is 90.3 Å². The molecule has 79 heavy (non-hydrogen) atoms. The third-order valence-corrected chi connectivity index (χ3v) is 12.2. The average molecular weight is 1120 g/mol. The summed E-state index contributed by atoms with van der Waals surface area (Å²) in [4.78, 5) is 57.9. The number of carboxylic acids is 1. The topological polar surface area (TPSA) is 205 Å². The number of carbonyl (C=O) groups is 4. The molecule has 0 amide bonds. The van der Waals surface area contributed by atoms with Crippen molar-refractivity contribution in [1.82, 2.24) is 38.3 Å². The van der Waals surface area contributed by atoms with Crippen LogP contribution in [0.25, 0.3) is 56.1 Å². The van der Waals surface area contributed by atoms with Gasteiger partial charge in [0.1, 0.15) is 63.1 Å². The number of imidazole rings is 2. The van der Waals surface area contributed by atoms with E-state index in [1.54, 1.807) is 110 Å². The van der Waals surface area contributed by atoms with Crippen LogP contribution in [0.2, 0.25) is 0 Å². The number of benzene rings is 2. The summed E-state index contributed by atoms with van der Waals surface area (Å²) in [7, 11) is 5.32. The summed E-state index contributed by atoms with van der Waals surface area (Å²) in [5.74, 6) is -2.47. The van der Waals surface area contributed by atoms with Crippen LogP contribution in [-0.4, -0.2) is 113 Å². The van der Waals surface area contributed by atoms with E-state index in [1.807, 2.05) is 28.8 Å².